The van der Waals surface area contributed by atoms with E-state index in [1.54, 1.807) is 12.3 Å². The van der Waals surface area contributed by atoms with Crippen LogP contribution >= 0.6 is 0 Å². The van der Waals surface area contributed by atoms with E-state index in [1.165, 1.54) is 11.8 Å². The van der Waals surface area contributed by atoms with Crippen LogP contribution in [0.1, 0.15) is 33.6 Å². The molecule has 0 saturated heterocycles. The van der Waals surface area contributed by atoms with E-state index in [4.69, 9.17) is 5.73 Å². The lowest BCUT2D eigenvalue weighted by Gasteiger charge is -2.00. The van der Waals surface area contributed by atoms with Gasteiger partial charge in [0.15, 0.2) is 0 Å². The lowest BCUT2D eigenvalue weighted by atomic mass is 10.1. The Kier molecular flexibility index (Phi) is 9.38. The molecule has 0 spiro atoms. The van der Waals surface area contributed by atoms with Crippen LogP contribution in [-0.2, 0) is 0 Å². The van der Waals surface area contributed by atoms with Crippen LogP contribution in [0.25, 0.3) is 0 Å². The zero-order valence-electron chi connectivity index (χ0n) is 10.7. The van der Waals surface area contributed by atoms with Crippen LogP contribution in [0, 0.1) is 5.92 Å². The van der Waals surface area contributed by atoms with Gasteiger partial charge in [-0.05, 0) is 38.0 Å². The molecular formula is C14H24N2. The molecule has 0 fully saturated rings. The molecular weight excluding hydrogens is 196 g/mol. The molecule has 0 aromatic carbocycles. The van der Waals surface area contributed by atoms with Crippen LogP contribution in [0.15, 0.2) is 41.1 Å². The molecule has 2 N–H and O–H groups in total. The van der Waals surface area contributed by atoms with Crippen molar-refractivity contribution in [2.24, 2.45) is 16.6 Å². The maximum atomic E-state index is 5.20. The predicted octanol–water partition coefficient (Wildman–Crippen LogP) is 3.47. The minimum Gasteiger partial charge on any atom is -0.405 e. The summed E-state index contributed by atoms with van der Waals surface area (Å²) in [6, 6.07) is 0. The Morgan fingerprint density at radius 1 is 1.44 bits per heavy atom. The zero-order chi connectivity index (χ0) is 12.2. The summed E-state index contributed by atoms with van der Waals surface area (Å²) in [5.41, 5.74) is 6.63. The van der Waals surface area contributed by atoms with Crippen molar-refractivity contribution in [2.75, 3.05) is 6.54 Å². The van der Waals surface area contributed by atoms with Crippen LogP contribution in [0.2, 0.25) is 0 Å². The molecule has 0 aliphatic heterocycles. The van der Waals surface area contributed by atoms with E-state index >= 15 is 0 Å². The molecule has 0 radical (unpaired) electrons. The van der Waals surface area contributed by atoms with Crippen LogP contribution < -0.4 is 5.73 Å². The van der Waals surface area contributed by atoms with E-state index in [0.717, 1.165) is 19.4 Å². The third kappa shape index (κ3) is 9.25. The summed E-state index contributed by atoms with van der Waals surface area (Å²) in [7, 11) is 0. The summed E-state index contributed by atoms with van der Waals surface area (Å²) in [6.45, 7) is 7.31. The van der Waals surface area contributed by atoms with E-state index in [0.29, 0.717) is 5.92 Å². The summed E-state index contributed by atoms with van der Waals surface area (Å²) in [5, 5.41) is 0. The lowest BCUT2D eigenvalue weighted by Crippen LogP contribution is -1.94. The van der Waals surface area contributed by atoms with Crippen molar-refractivity contribution in [2.45, 2.75) is 33.6 Å². The average molecular weight is 220 g/mol. The molecule has 0 aliphatic carbocycles. The molecule has 0 amide bonds. The molecule has 1 atom stereocenters. The van der Waals surface area contributed by atoms with Crippen molar-refractivity contribution in [3.8, 4) is 0 Å². The summed E-state index contributed by atoms with van der Waals surface area (Å²) in [6.07, 6.45) is 13.8. The van der Waals surface area contributed by atoms with Gasteiger partial charge in [0.25, 0.3) is 0 Å². The van der Waals surface area contributed by atoms with E-state index in [-0.39, 0.29) is 0 Å². The third-order valence-corrected chi connectivity index (χ3v) is 2.15. The van der Waals surface area contributed by atoms with E-state index in [9.17, 15) is 0 Å². The Balaban J connectivity index is 3.82. The second-order valence-electron chi connectivity index (χ2n) is 3.97. The minimum atomic E-state index is 0.483. The maximum absolute atomic E-state index is 5.20. The van der Waals surface area contributed by atoms with E-state index in [2.05, 4.69) is 44.0 Å². The zero-order valence-corrected chi connectivity index (χ0v) is 10.7. The molecule has 1 unspecified atom stereocenters. The van der Waals surface area contributed by atoms with E-state index in [1.807, 2.05) is 0 Å². The standard InChI is InChI=1S/C14H24N2/c1-4-7-13(2)8-5-9-14(3)12-16-11-6-10-15/h5-7,9-11,14H,4,8,12,15H2,1-3H3/b9-5-,10-6-,13-7-,16-11-. The summed E-state index contributed by atoms with van der Waals surface area (Å²) in [5.74, 6) is 0.483. The normalized spacial score (nSPS) is 15.6. The monoisotopic (exact) mass is 220 g/mol. The highest BCUT2D eigenvalue weighted by Gasteiger charge is 1.92. The number of hydrogen-bond donors (Lipinski definition) is 1. The van der Waals surface area contributed by atoms with Crippen molar-refractivity contribution in [3.05, 3.63) is 36.1 Å². The number of nitrogens with two attached hydrogens (primary N) is 1. The van der Waals surface area contributed by atoms with Crippen LogP contribution in [0.4, 0.5) is 0 Å². The number of allylic oxidation sites excluding steroid dienone is 4. The van der Waals surface area contributed by atoms with Gasteiger partial charge in [-0.25, -0.2) is 0 Å². The molecule has 0 rings (SSSR count). The van der Waals surface area contributed by atoms with Crippen molar-refractivity contribution < 1.29 is 0 Å². The molecule has 0 aromatic rings. The Labute approximate surface area is 99.6 Å². The predicted molar refractivity (Wildman–Crippen MR) is 73.7 cm³/mol. The molecule has 0 bridgehead atoms. The Hall–Kier alpha value is -1.31. The summed E-state index contributed by atoms with van der Waals surface area (Å²) >= 11 is 0. The van der Waals surface area contributed by atoms with Gasteiger partial charge in [0.2, 0.25) is 0 Å². The minimum absolute atomic E-state index is 0.483. The second kappa shape index (κ2) is 10.2. The quantitative estimate of drug-likeness (QED) is 0.518. The fourth-order valence-electron chi connectivity index (χ4n) is 1.32. The maximum Gasteiger partial charge on any atom is 0.0449 e. The smallest absolute Gasteiger partial charge is 0.0449 e. The van der Waals surface area contributed by atoms with Crippen molar-refractivity contribution >= 4 is 6.21 Å². The van der Waals surface area contributed by atoms with Gasteiger partial charge in [-0.2, -0.15) is 0 Å². The first-order valence-corrected chi connectivity index (χ1v) is 5.89. The number of hydrogen-bond acceptors (Lipinski definition) is 2. The first-order valence-electron chi connectivity index (χ1n) is 5.89. The van der Waals surface area contributed by atoms with Gasteiger partial charge in [0, 0.05) is 12.8 Å². The van der Waals surface area contributed by atoms with Crippen molar-refractivity contribution in [1.29, 1.82) is 0 Å². The van der Waals surface area contributed by atoms with E-state index < -0.39 is 0 Å². The average Bonchev–Trinajstić information content (AvgIpc) is 2.25. The molecule has 0 aromatic heterocycles. The Bertz CT molecular complexity index is 272. The molecule has 0 heterocycles. The molecule has 0 aliphatic rings. The molecule has 0 saturated carbocycles. The number of aliphatic imine (C=N–C) groups is 1. The fourth-order valence-corrected chi connectivity index (χ4v) is 1.32. The number of nitrogens with zero attached hydrogens (tertiary/aromatic N) is 1. The summed E-state index contributed by atoms with van der Waals surface area (Å²) in [4.78, 5) is 4.24. The SMILES string of the molecule is CC/C=C(/C)C/C=C\C(C)C/N=C\C=C/N. The van der Waals surface area contributed by atoms with Crippen LogP contribution in [0.3, 0.4) is 0 Å². The van der Waals surface area contributed by atoms with Gasteiger partial charge in [-0.1, -0.05) is 37.6 Å². The molecule has 2 heteroatoms. The molecule has 2 nitrogen and oxygen atoms in total. The lowest BCUT2D eigenvalue weighted by molar-refractivity contribution is 0.741. The fraction of sp³-hybridized carbons (Fsp3) is 0.500. The first-order chi connectivity index (χ1) is 7.70. The topological polar surface area (TPSA) is 38.4 Å². The largest absolute Gasteiger partial charge is 0.405 e. The van der Waals surface area contributed by atoms with Gasteiger partial charge >= 0.3 is 0 Å². The van der Waals surface area contributed by atoms with Crippen molar-refractivity contribution in [3.63, 3.8) is 0 Å². The first kappa shape index (κ1) is 14.7. The molecule has 90 valence electrons. The number of rotatable bonds is 7. The third-order valence-electron chi connectivity index (χ3n) is 2.15. The highest BCUT2D eigenvalue weighted by Crippen LogP contribution is 2.05. The highest BCUT2D eigenvalue weighted by molar-refractivity contribution is 5.70. The van der Waals surface area contributed by atoms with Gasteiger partial charge < -0.3 is 5.73 Å². The van der Waals surface area contributed by atoms with Gasteiger partial charge in [0.05, 0.1) is 0 Å². The second-order valence-corrected chi connectivity index (χ2v) is 3.97. The van der Waals surface area contributed by atoms with Crippen molar-refractivity contribution in [1.82, 2.24) is 0 Å². The Morgan fingerprint density at radius 2 is 2.19 bits per heavy atom. The van der Waals surface area contributed by atoms with Crippen LogP contribution in [0.5, 0.6) is 0 Å². The van der Waals surface area contributed by atoms with Gasteiger partial charge in [0.1, 0.15) is 0 Å². The van der Waals surface area contributed by atoms with Gasteiger partial charge in [-0.15, -0.1) is 0 Å². The highest BCUT2D eigenvalue weighted by atomic mass is 14.7. The van der Waals surface area contributed by atoms with Gasteiger partial charge in [-0.3, -0.25) is 4.99 Å². The Morgan fingerprint density at radius 3 is 2.81 bits per heavy atom. The molecule has 16 heavy (non-hydrogen) atoms. The van der Waals surface area contributed by atoms with Crippen LogP contribution in [-0.4, -0.2) is 12.8 Å². The summed E-state index contributed by atoms with van der Waals surface area (Å²) < 4.78 is 0.